The highest BCUT2D eigenvalue weighted by atomic mass is 19.2. The summed E-state index contributed by atoms with van der Waals surface area (Å²) >= 11 is 0. The lowest BCUT2D eigenvalue weighted by Crippen LogP contribution is -1.98. The third-order valence-corrected chi connectivity index (χ3v) is 6.51. The van der Waals surface area contributed by atoms with E-state index in [0.29, 0.717) is 17.7 Å². The van der Waals surface area contributed by atoms with Crippen LogP contribution in [-0.2, 0) is 0 Å². The van der Waals surface area contributed by atoms with Gasteiger partial charge in [0.25, 0.3) is 0 Å². The van der Waals surface area contributed by atoms with Gasteiger partial charge in [-0.25, -0.2) is 30.7 Å². The van der Waals surface area contributed by atoms with E-state index in [1.165, 1.54) is 0 Å². The monoisotopic (exact) mass is 506 g/mol. The van der Waals surface area contributed by atoms with E-state index < -0.39 is 40.7 Å². The second-order valence-corrected chi connectivity index (χ2v) is 8.69. The Bertz CT molecular complexity index is 1820. The van der Waals surface area contributed by atoms with E-state index in [9.17, 15) is 30.7 Å². The Labute approximate surface area is 205 Å². The van der Waals surface area contributed by atoms with E-state index >= 15 is 0 Å². The number of halogens is 7. The second kappa shape index (κ2) is 8.34. The summed E-state index contributed by atoms with van der Waals surface area (Å²) in [5.41, 5.74) is 0.396. The van der Waals surface area contributed by atoms with Crippen LogP contribution in [0.2, 0.25) is 0 Å². The number of fused-ring (bicyclic) bond motifs is 3. The molecule has 6 aromatic carbocycles. The topological polar surface area (TPSA) is 0 Å². The first-order chi connectivity index (χ1) is 17.7. The first-order valence-corrected chi connectivity index (χ1v) is 11.1. The molecule has 6 rings (SSSR count). The van der Waals surface area contributed by atoms with Gasteiger partial charge in [-0.05, 0) is 97.0 Å². The van der Waals surface area contributed by atoms with Crippen molar-refractivity contribution in [2.24, 2.45) is 0 Å². The molecular formula is C30H13F7. The molecule has 0 saturated heterocycles. The summed E-state index contributed by atoms with van der Waals surface area (Å²) in [6, 6.07) is 17.4. The third-order valence-electron chi connectivity index (χ3n) is 6.51. The molecule has 0 fully saturated rings. The zero-order valence-corrected chi connectivity index (χ0v) is 18.7. The van der Waals surface area contributed by atoms with E-state index in [0.717, 1.165) is 35.0 Å². The minimum Gasteiger partial charge on any atom is -0.204 e. The van der Waals surface area contributed by atoms with Crippen LogP contribution in [0, 0.1) is 40.7 Å². The minimum atomic E-state index is -1.72. The fourth-order valence-electron chi connectivity index (χ4n) is 4.88. The van der Waals surface area contributed by atoms with E-state index in [1.54, 1.807) is 18.2 Å². The lowest BCUT2D eigenvalue weighted by atomic mass is 9.85. The molecule has 6 aromatic rings. The highest BCUT2D eigenvalue weighted by molar-refractivity contribution is 6.21. The molecule has 7 heteroatoms. The molecule has 0 bridgehead atoms. The molecule has 0 heterocycles. The van der Waals surface area contributed by atoms with Crippen molar-refractivity contribution in [3.05, 3.63) is 120 Å². The van der Waals surface area contributed by atoms with Crippen LogP contribution in [0.1, 0.15) is 0 Å². The van der Waals surface area contributed by atoms with Crippen LogP contribution in [0.3, 0.4) is 0 Å². The van der Waals surface area contributed by atoms with E-state index in [4.69, 9.17) is 0 Å². The van der Waals surface area contributed by atoms with Crippen LogP contribution in [0.25, 0.3) is 54.6 Å². The van der Waals surface area contributed by atoms with E-state index in [1.807, 2.05) is 24.3 Å². The molecule has 0 amide bonds. The van der Waals surface area contributed by atoms with Crippen molar-refractivity contribution in [3.63, 3.8) is 0 Å². The van der Waals surface area contributed by atoms with Crippen LogP contribution in [0.4, 0.5) is 30.7 Å². The Hall–Kier alpha value is -4.39. The first-order valence-electron chi connectivity index (χ1n) is 11.1. The van der Waals surface area contributed by atoms with Crippen LogP contribution >= 0.6 is 0 Å². The lowest BCUT2D eigenvalue weighted by molar-refractivity contribution is 0.448. The zero-order valence-electron chi connectivity index (χ0n) is 18.7. The molecule has 0 spiro atoms. The van der Waals surface area contributed by atoms with Crippen molar-refractivity contribution in [1.29, 1.82) is 0 Å². The Balaban J connectivity index is 1.85. The molecule has 0 saturated carbocycles. The molecule has 0 atom stereocenters. The molecule has 182 valence electrons. The molecule has 0 aliphatic heterocycles. The quantitative estimate of drug-likeness (QED) is 0.125. The Kier molecular flexibility index (Phi) is 5.19. The molecule has 0 nitrogen and oxygen atoms in total. The van der Waals surface area contributed by atoms with Crippen molar-refractivity contribution in [1.82, 2.24) is 0 Å². The molecule has 0 aromatic heterocycles. The van der Waals surface area contributed by atoms with Crippen molar-refractivity contribution >= 4 is 32.3 Å². The summed E-state index contributed by atoms with van der Waals surface area (Å²) in [7, 11) is 0. The smallest absolute Gasteiger partial charge is 0.194 e. The van der Waals surface area contributed by atoms with Gasteiger partial charge in [0.1, 0.15) is 0 Å². The average molecular weight is 506 g/mol. The van der Waals surface area contributed by atoms with E-state index in [-0.39, 0.29) is 38.2 Å². The number of hydrogen-bond acceptors (Lipinski definition) is 0. The largest absolute Gasteiger partial charge is 0.204 e. The van der Waals surface area contributed by atoms with Gasteiger partial charge in [-0.3, -0.25) is 0 Å². The van der Waals surface area contributed by atoms with Gasteiger partial charge in [0.15, 0.2) is 40.7 Å². The van der Waals surface area contributed by atoms with Gasteiger partial charge in [0.2, 0.25) is 0 Å². The van der Waals surface area contributed by atoms with Gasteiger partial charge in [-0.15, -0.1) is 0 Å². The standard InChI is InChI=1S/C30H13F7/c31-22-10-18-20(12-24(22)33)29(17-8-26(35)30(37)27(36)9-17)21-13-25(34)23(32)11-19(21)28(18)16-6-5-14-3-1-2-4-15(14)7-16/h1-13H. The van der Waals surface area contributed by atoms with Crippen molar-refractivity contribution in [3.8, 4) is 22.3 Å². The molecular weight excluding hydrogens is 493 g/mol. The number of hydrogen-bond donors (Lipinski definition) is 0. The van der Waals surface area contributed by atoms with Gasteiger partial charge in [-0.1, -0.05) is 36.4 Å². The third kappa shape index (κ3) is 3.61. The minimum absolute atomic E-state index is 0.0222. The van der Waals surface area contributed by atoms with Crippen LogP contribution < -0.4 is 0 Å². The maximum absolute atomic E-state index is 14.6. The normalized spacial score (nSPS) is 11.6. The molecule has 0 aliphatic rings. The lowest BCUT2D eigenvalue weighted by Gasteiger charge is -2.19. The molecule has 0 unspecified atom stereocenters. The van der Waals surface area contributed by atoms with Gasteiger partial charge >= 0.3 is 0 Å². The van der Waals surface area contributed by atoms with Crippen molar-refractivity contribution in [2.45, 2.75) is 0 Å². The van der Waals surface area contributed by atoms with Crippen LogP contribution in [0.5, 0.6) is 0 Å². The first kappa shape index (κ1) is 23.0. The Morgan fingerprint density at radius 3 is 1.27 bits per heavy atom. The van der Waals surface area contributed by atoms with Gasteiger partial charge < -0.3 is 0 Å². The maximum Gasteiger partial charge on any atom is 0.194 e. The summed E-state index contributed by atoms with van der Waals surface area (Å²) in [6.45, 7) is 0. The predicted octanol–water partition coefficient (Wildman–Crippen LogP) is 9.45. The fourth-order valence-corrected chi connectivity index (χ4v) is 4.88. The van der Waals surface area contributed by atoms with Gasteiger partial charge in [0.05, 0.1) is 0 Å². The zero-order chi connectivity index (χ0) is 26.0. The number of benzene rings is 6. The Morgan fingerprint density at radius 1 is 0.351 bits per heavy atom. The van der Waals surface area contributed by atoms with E-state index in [2.05, 4.69) is 0 Å². The molecule has 0 aliphatic carbocycles. The maximum atomic E-state index is 14.6. The number of rotatable bonds is 2. The summed E-state index contributed by atoms with van der Waals surface area (Å²) in [5, 5.41) is 1.83. The van der Waals surface area contributed by atoms with Gasteiger partial charge in [-0.2, -0.15) is 0 Å². The van der Waals surface area contributed by atoms with Crippen LogP contribution in [-0.4, -0.2) is 0 Å². The van der Waals surface area contributed by atoms with Crippen molar-refractivity contribution < 1.29 is 30.7 Å². The molecule has 37 heavy (non-hydrogen) atoms. The summed E-state index contributed by atoms with van der Waals surface area (Å²) in [5.74, 6) is -9.72. The Morgan fingerprint density at radius 2 is 0.784 bits per heavy atom. The SMILES string of the molecule is Fc1cc2c(-c3cc(F)c(F)c(F)c3)c3cc(F)c(F)cc3c(-c3ccc4ccccc4c3)c2cc1F. The fraction of sp³-hybridized carbons (Fsp3) is 0. The average Bonchev–Trinajstić information content (AvgIpc) is 2.87. The predicted molar refractivity (Wildman–Crippen MR) is 130 cm³/mol. The van der Waals surface area contributed by atoms with Crippen molar-refractivity contribution in [2.75, 3.05) is 0 Å². The second-order valence-electron chi connectivity index (χ2n) is 8.69. The summed E-state index contributed by atoms with van der Waals surface area (Å²) < 4.78 is 100. The summed E-state index contributed by atoms with van der Waals surface area (Å²) in [6.07, 6.45) is 0. The summed E-state index contributed by atoms with van der Waals surface area (Å²) in [4.78, 5) is 0. The highest BCUT2D eigenvalue weighted by Crippen LogP contribution is 2.45. The highest BCUT2D eigenvalue weighted by Gasteiger charge is 2.23. The van der Waals surface area contributed by atoms with Gasteiger partial charge in [0, 0.05) is 0 Å². The molecule has 0 radical (unpaired) electrons. The molecule has 0 N–H and O–H groups in total. The van der Waals surface area contributed by atoms with Crippen LogP contribution in [0.15, 0.2) is 78.9 Å².